The minimum Gasteiger partial charge on any atom is -0.316 e. The quantitative estimate of drug-likeness (QED) is 0.882. The van der Waals surface area contributed by atoms with E-state index in [0.29, 0.717) is 11.5 Å². The lowest BCUT2D eigenvalue weighted by Gasteiger charge is -2.33. The smallest absolute Gasteiger partial charge is 0.227 e. The molecule has 0 unspecified atom stereocenters. The Morgan fingerprint density at radius 3 is 2.62 bits per heavy atom. The maximum absolute atomic E-state index is 11.9. The van der Waals surface area contributed by atoms with E-state index in [0.717, 1.165) is 24.3 Å². The number of rotatable bonds is 2. The van der Waals surface area contributed by atoms with Gasteiger partial charge in [-0.2, -0.15) is 5.26 Å². The van der Waals surface area contributed by atoms with Crippen LogP contribution < -0.4 is 5.32 Å². The molecule has 0 saturated heterocycles. The number of nitrogens with one attached hydrogen (secondary N) is 1. The SMILES string of the molecule is CC(C)C(=O)Nc1sc2c(c1C#N)CC[C@@H](C(C)(C)C)C2. The van der Waals surface area contributed by atoms with Gasteiger partial charge in [-0.25, -0.2) is 0 Å². The Bertz CT molecular complexity index is 587. The molecule has 1 aliphatic carbocycles. The summed E-state index contributed by atoms with van der Waals surface area (Å²) in [5.41, 5.74) is 2.15. The van der Waals surface area contributed by atoms with Gasteiger partial charge in [-0.1, -0.05) is 34.6 Å². The van der Waals surface area contributed by atoms with Gasteiger partial charge in [0.15, 0.2) is 0 Å². The van der Waals surface area contributed by atoms with Crippen LogP contribution in [0.1, 0.15) is 57.0 Å². The Hall–Kier alpha value is -1.34. The summed E-state index contributed by atoms with van der Waals surface area (Å²) in [4.78, 5) is 13.2. The van der Waals surface area contributed by atoms with E-state index in [4.69, 9.17) is 0 Å². The van der Waals surface area contributed by atoms with Crippen LogP contribution in [0.25, 0.3) is 0 Å². The van der Waals surface area contributed by atoms with Crippen molar-refractivity contribution in [3.05, 3.63) is 16.0 Å². The van der Waals surface area contributed by atoms with E-state index in [1.807, 2.05) is 13.8 Å². The van der Waals surface area contributed by atoms with Crippen LogP contribution in [-0.2, 0) is 17.6 Å². The van der Waals surface area contributed by atoms with Gasteiger partial charge >= 0.3 is 0 Å². The summed E-state index contributed by atoms with van der Waals surface area (Å²) in [6, 6.07) is 2.30. The number of nitrogens with zero attached hydrogens (tertiary/aromatic N) is 1. The molecule has 3 nitrogen and oxygen atoms in total. The van der Waals surface area contributed by atoms with Crippen LogP contribution in [0.5, 0.6) is 0 Å². The third-order valence-corrected chi connectivity index (χ3v) is 5.53. The van der Waals surface area contributed by atoms with E-state index in [1.54, 1.807) is 11.3 Å². The first kappa shape index (κ1) is 16.0. The van der Waals surface area contributed by atoms with Crippen molar-refractivity contribution in [1.29, 1.82) is 5.26 Å². The summed E-state index contributed by atoms with van der Waals surface area (Å²) >= 11 is 1.60. The van der Waals surface area contributed by atoms with Crippen molar-refractivity contribution in [3.63, 3.8) is 0 Å². The van der Waals surface area contributed by atoms with Crippen LogP contribution in [0, 0.1) is 28.6 Å². The van der Waals surface area contributed by atoms with E-state index in [-0.39, 0.29) is 17.2 Å². The van der Waals surface area contributed by atoms with Gasteiger partial charge in [0, 0.05) is 10.8 Å². The molecule has 0 radical (unpaired) electrons. The lowest BCUT2D eigenvalue weighted by atomic mass is 9.72. The molecule has 4 heteroatoms. The Balaban J connectivity index is 2.30. The Kier molecular flexibility index (Phi) is 4.43. The Morgan fingerprint density at radius 2 is 2.10 bits per heavy atom. The normalized spacial score (nSPS) is 18.2. The van der Waals surface area contributed by atoms with Crippen molar-refractivity contribution in [2.75, 3.05) is 5.32 Å². The molecule has 2 rings (SSSR count). The predicted octanol–water partition coefficient (Wildman–Crippen LogP) is 4.37. The third kappa shape index (κ3) is 3.29. The molecule has 114 valence electrons. The molecule has 0 aliphatic heterocycles. The summed E-state index contributed by atoms with van der Waals surface area (Å²) in [7, 11) is 0. The molecule has 0 spiro atoms. The lowest BCUT2D eigenvalue weighted by molar-refractivity contribution is -0.118. The molecular weight excluding hydrogens is 280 g/mol. The number of hydrogen-bond donors (Lipinski definition) is 1. The van der Waals surface area contributed by atoms with Gasteiger partial charge in [0.1, 0.15) is 11.1 Å². The van der Waals surface area contributed by atoms with Crippen molar-refractivity contribution in [1.82, 2.24) is 0 Å². The highest BCUT2D eigenvalue weighted by molar-refractivity contribution is 7.16. The average Bonchev–Trinajstić information content (AvgIpc) is 2.73. The maximum Gasteiger partial charge on any atom is 0.227 e. The molecule has 0 aromatic carbocycles. The average molecular weight is 304 g/mol. The summed E-state index contributed by atoms with van der Waals surface area (Å²) in [5, 5.41) is 13.1. The molecule has 1 N–H and O–H groups in total. The zero-order valence-corrected chi connectivity index (χ0v) is 14.4. The zero-order valence-electron chi connectivity index (χ0n) is 13.5. The van der Waals surface area contributed by atoms with Crippen LogP contribution >= 0.6 is 11.3 Å². The highest BCUT2D eigenvalue weighted by atomic mass is 32.1. The molecule has 1 heterocycles. The van der Waals surface area contributed by atoms with E-state index in [2.05, 4.69) is 32.2 Å². The lowest BCUT2D eigenvalue weighted by Crippen LogP contribution is -2.26. The second-order valence-corrected chi connectivity index (χ2v) is 8.37. The number of fused-ring (bicyclic) bond motifs is 1. The van der Waals surface area contributed by atoms with Crippen molar-refractivity contribution in [2.24, 2.45) is 17.3 Å². The largest absolute Gasteiger partial charge is 0.316 e. The van der Waals surface area contributed by atoms with Crippen LogP contribution in [0.4, 0.5) is 5.00 Å². The van der Waals surface area contributed by atoms with Gasteiger partial charge < -0.3 is 5.32 Å². The fourth-order valence-electron chi connectivity index (χ4n) is 2.79. The fourth-order valence-corrected chi connectivity index (χ4v) is 4.07. The van der Waals surface area contributed by atoms with Gasteiger partial charge in [-0.15, -0.1) is 11.3 Å². The molecule has 1 atom stereocenters. The third-order valence-electron chi connectivity index (χ3n) is 4.36. The fraction of sp³-hybridized carbons (Fsp3) is 0.647. The second kappa shape index (κ2) is 5.81. The first-order valence-corrected chi connectivity index (χ1v) is 8.41. The first-order valence-electron chi connectivity index (χ1n) is 7.59. The van der Waals surface area contributed by atoms with Crippen molar-refractivity contribution >= 4 is 22.2 Å². The number of amides is 1. The molecule has 0 bridgehead atoms. The zero-order chi connectivity index (χ0) is 15.8. The molecule has 21 heavy (non-hydrogen) atoms. The number of carbonyl (C=O) groups excluding carboxylic acids is 1. The minimum atomic E-state index is -0.0713. The summed E-state index contributed by atoms with van der Waals surface area (Å²) in [5.74, 6) is 0.555. The molecule has 1 aromatic rings. The van der Waals surface area contributed by atoms with Gasteiger partial charge in [0.05, 0.1) is 5.56 Å². The summed E-state index contributed by atoms with van der Waals surface area (Å²) in [6.45, 7) is 10.6. The second-order valence-electron chi connectivity index (χ2n) is 7.27. The minimum absolute atomic E-state index is 0.0162. The molecule has 0 fully saturated rings. The van der Waals surface area contributed by atoms with E-state index in [1.165, 1.54) is 10.4 Å². The number of carbonyl (C=O) groups is 1. The van der Waals surface area contributed by atoms with Gasteiger partial charge in [-0.05, 0) is 36.2 Å². The Labute approximate surface area is 131 Å². The molecule has 1 amide bonds. The molecular formula is C17H24N2OS. The topological polar surface area (TPSA) is 52.9 Å². The van der Waals surface area contributed by atoms with E-state index < -0.39 is 0 Å². The maximum atomic E-state index is 11.9. The van der Waals surface area contributed by atoms with Crippen LogP contribution in [0.15, 0.2) is 0 Å². The van der Waals surface area contributed by atoms with Gasteiger partial charge in [-0.3, -0.25) is 4.79 Å². The van der Waals surface area contributed by atoms with Crippen molar-refractivity contribution < 1.29 is 4.79 Å². The molecule has 0 saturated carbocycles. The number of thiophene rings is 1. The predicted molar refractivity (Wildman–Crippen MR) is 87.5 cm³/mol. The van der Waals surface area contributed by atoms with Crippen LogP contribution in [-0.4, -0.2) is 5.91 Å². The van der Waals surface area contributed by atoms with E-state index in [9.17, 15) is 10.1 Å². The monoisotopic (exact) mass is 304 g/mol. The summed E-state index contributed by atoms with van der Waals surface area (Å²) < 4.78 is 0. The van der Waals surface area contributed by atoms with E-state index >= 15 is 0 Å². The highest BCUT2D eigenvalue weighted by Crippen LogP contribution is 2.44. The number of hydrogen-bond acceptors (Lipinski definition) is 3. The number of nitriles is 1. The highest BCUT2D eigenvalue weighted by Gasteiger charge is 2.32. The molecule has 1 aliphatic rings. The number of anilines is 1. The van der Waals surface area contributed by atoms with Crippen LogP contribution in [0.3, 0.4) is 0 Å². The molecule has 1 aromatic heterocycles. The van der Waals surface area contributed by atoms with Crippen molar-refractivity contribution in [2.45, 2.75) is 53.9 Å². The summed E-state index contributed by atoms with van der Waals surface area (Å²) in [6.07, 6.45) is 3.10. The Morgan fingerprint density at radius 1 is 1.43 bits per heavy atom. The van der Waals surface area contributed by atoms with Crippen LogP contribution in [0.2, 0.25) is 0 Å². The van der Waals surface area contributed by atoms with Gasteiger partial charge in [0.25, 0.3) is 0 Å². The first-order chi connectivity index (χ1) is 9.74. The van der Waals surface area contributed by atoms with Crippen molar-refractivity contribution in [3.8, 4) is 6.07 Å². The van der Waals surface area contributed by atoms with Gasteiger partial charge in [0.2, 0.25) is 5.91 Å². The standard InChI is InChI=1S/C17H24N2OS/c1-10(2)15(20)19-16-13(9-18)12-7-6-11(17(3,4)5)8-14(12)21-16/h10-11H,6-8H2,1-5H3,(H,19,20)/t11-/m1/s1.